The molecule has 3 heteroatoms. The van der Waals surface area contributed by atoms with E-state index in [0.717, 1.165) is 28.5 Å². The number of rotatable bonds is 2. The zero-order chi connectivity index (χ0) is 11.0. The van der Waals surface area contributed by atoms with Gasteiger partial charge in [0.25, 0.3) is 0 Å². The SMILES string of the molecule is C=Cc1ccc(-c2nn(C)c(C)c2C)o1. The highest BCUT2D eigenvalue weighted by Gasteiger charge is 2.13. The van der Waals surface area contributed by atoms with Gasteiger partial charge in [-0.25, -0.2) is 0 Å². The van der Waals surface area contributed by atoms with Crippen molar-refractivity contribution in [2.45, 2.75) is 13.8 Å². The lowest BCUT2D eigenvalue weighted by atomic mass is 10.2. The van der Waals surface area contributed by atoms with Crippen molar-refractivity contribution in [1.82, 2.24) is 9.78 Å². The van der Waals surface area contributed by atoms with Gasteiger partial charge in [0.1, 0.15) is 11.5 Å². The summed E-state index contributed by atoms with van der Waals surface area (Å²) in [7, 11) is 1.93. The summed E-state index contributed by atoms with van der Waals surface area (Å²) in [6.45, 7) is 7.76. The Hall–Kier alpha value is -1.77. The van der Waals surface area contributed by atoms with Crippen LogP contribution in [0.5, 0.6) is 0 Å². The third kappa shape index (κ3) is 1.50. The van der Waals surface area contributed by atoms with Crippen molar-refractivity contribution in [3.63, 3.8) is 0 Å². The van der Waals surface area contributed by atoms with Crippen LogP contribution in [0.2, 0.25) is 0 Å². The summed E-state index contributed by atoms with van der Waals surface area (Å²) < 4.78 is 7.44. The van der Waals surface area contributed by atoms with E-state index in [1.54, 1.807) is 6.08 Å². The summed E-state index contributed by atoms with van der Waals surface area (Å²) in [5.74, 6) is 1.57. The molecule has 0 atom stereocenters. The molecule has 0 spiro atoms. The maximum absolute atomic E-state index is 5.57. The van der Waals surface area contributed by atoms with Crippen molar-refractivity contribution in [2.24, 2.45) is 7.05 Å². The second-order valence-electron chi connectivity index (χ2n) is 3.59. The first-order valence-electron chi connectivity index (χ1n) is 4.86. The first-order valence-corrected chi connectivity index (χ1v) is 4.86. The molecule has 0 aliphatic rings. The minimum atomic E-state index is 0.771. The van der Waals surface area contributed by atoms with Gasteiger partial charge in [0.15, 0.2) is 5.76 Å². The van der Waals surface area contributed by atoms with Crippen LogP contribution in [0, 0.1) is 13.8 Å². The zero-order valence-electron chi connectivity index (χ0n) is 9.24. The van der Waals surface area contributed by atoms with Gasteiger partial charge < -0.3 is 4.42 Å². The van der Waals surface area contributed by atoms with Crippen LogP contribution in [0.4, 0.5) is 0 Å². The number of aromatic nitrogens is 2. The molecule has 2 aromatic heterocycles. The summed E-state index contributed by atoms with van der Waals surface area (Å²) in [4.78, 5) is 0. The van der Waals surface area contributed by atoms with E-state index in [-0.39, 0.29) is 0 Å². The maximum Gasteiger partial charge on any atom is 0.155 e. The van der Waals surface area contributed by atoms with Crippen LogP contribution in [-0.2, 0) is 7.05 Å². The highest BCUT2D eigenvalue weighted by atomic mass is 16.3. The Morgan fingerprint density at radius 3 is 2.60 bits per heavy atom. The minimum Gasteiger partial charge on any atom is -0.455 e. The van der Waals surface area contributed by atoms with Crippen molar-refractivity contribution >= 4 is 6.08 Å². The lowest BCUT2D eigenvalue weighted by Gasteiger charge is -1.92. The smallest absolute Gasteiger partial charge is 0.155 e. The van der Waals surface area contributed by atoms with Crippen molar-refractivity contribution in [3.05, 3.63) is 35.7 Å². The molecule has 2 rings (SSSR count). The minimum absolute atomic E-state index is 0.771. The van der Waals surface area contributed by atoms with Crippen LogP contribution in [0.3, 0.4) is 0 Å². The normalized spacial score (nSPS) is 10.6. The highest BCUT2D eigenvalue weighted by molar-refractivity contribution is 5.60. The van der Waals surface area contributed by atoms with Gasteiger partial charge >= 0.3 is 0 Å². The van der Waals surface area contributed by atoms with Gasteiger partial charge in [0.2, 0.25) is 0 Å². The average molecular weight is 202 g/mol. The van der Waals surface area contributed by atoms with E-state index in [1.165, 1.54) is 0 Å². The first-order chi connectivity index (χ1) is 7.13. The van der Waals surface area contributed by atoms with Gasteiger partial charge in [-0.1, -0.05) is 6.58 Å². The topological polar surface area (TPSA) is 31.0 Å². The fourth-order valence-corrected chi connectivity index (χ4v) is 1.54. The molecule has 0 aromatic carbocycles. The Morgan fingerprint density at radius 1 is 1.40 bits per heavy atom. The third-order valence-electron chi connectivity index (χ3n) is 2.69. The Balaban J connectivity index is 2.53. The van der Waals surface area contributed by atoms with Gasteiger partial charge in [-0.2, -0.15) is 5.10 Å². The van der Waals surface area contributed by atoms with Crippen LogP contribution in [-0.4, -0.2) is 9.78 Å². The summed E-state index contributed by atoms with van der Waals surface area (Å²) in [5.41, 5.74) is 3.21. The Labute approximate surface area is 89.0 Å². The van der Waals surface area contributed by atoms with E-state index in [0.29, 0.717) is 0 Å². The quantitative estimate of drug-likeness (QED) is 0.749. The number of aryl methyl sites for hydroxylation is 1. The van der Waals surface area contributed by atoms with E-state index < -0.39 is 0 Å². The summed E-state index contributed by atoms with van der Waals surface area (Å²) in [6, 6.07) is 3.82. The molecule has 0 unspecified atom stereocenters. The molecule has 2 heterocycles. The van der Waals surface area contributed by atoms with Crippen molar-refractivity contribution in [2.75, 3.05) is 0 Å². The van der Waals surface area contributed by atoms with Crippen LogP contribution in [0.15, 0.2) is 23.1 Å². The molecule has 2 aromatic rings. The standard InChI is InChI=1S/C12H14N2O/c1-5-10-6-7-11(15-10)12-8(2)9(3)14(4)13-12/h5-7H,1H2,2-4H3. The van der Waals surface area contributed by atoms with Gasteiger partial charge in [-0.05, 0) is 32.1 Å². The molecule has 0 N–H and O–H groups in total. The van der Waals surface area contributed by atoms with Gasteiger partial charge in [0.05, 0.1) is 0 Å². The predicted octanol–water partition coefficient (Wildman–Crippen LogP) is 2.94. The molecular formula is C12H14N2O. The molecule has 0 fully saturated rings. The largest absolute Gasteiger partial charge is 0.455 e. The molecule has 0 saturated heterocycles. The molecule has 0 aliphatic heterocycles. The Kier molecular flexibility index (Phi) is 2.23. The molecule has 0 aliphatic carbocycles. The molecule has 0 saturated carbocycles. The Morgan fingerprint density at radius 2 is 2.13 bits per heavy atom. The molecule has 0 radical (unpaired) electrons. The Bertz CT molecular complexity index is 506. The van der Waals surface area contributed by atoms with Crippen molar-refractivity contribution < 1.29 is 4.42 Å². The first kappa shape index (κ1) is 9.77. The van der Waals surface area contributed by atoms with Gasteiger partial charge in [-0.15, -0.1) is 0 Å². The van der Waals surface area contributed by atoms with Gasteiger partial charge in [0, 0.05) is 18.3 Å². The zero-order valence-corrected chi connectivity index (χ0v) is 9.24. The molecule has 0 amide bonds. The van der Waals surface area contributed by atoms with Crippen LogP contribution >= 0.6 is 0 Å². The lowest BCUT2D eigenvalue weighted by molar-refractivity contribution is 0.567. The number of hydrogen-bond acceptors (Lipinski definition) is 2. The molecular weight excluding hydrogens is 188 g/mol. The van der Waals surface area contributed by atoms with Crippen molar-refractivity contribution in [3.8, 4) is 11.5 Å². The van der Waals surface area contributed by atoms with E-state index in [4.69, 9.17) is 4.42 Å². The predicted molar refractivity (Wildman–Crippen MR) is 60.5 cm³/mol. The van der Waals surface area contributed by atoms with Gasteiger partial charge in [-0.3, -0.25) is 4.68 Å². The number of hydrogen-bond donors (Lipinski definition) is 0. The van der Waals surface area contributed by atoms with E-state index >= 15 is 0 Å². The molecule has 0 bridgehead atoms. The molecule has 3 nitrogen and oxygen atoms in total. The van der Waals surface area contributed by atoms with Crippen molar-refractivity contribution in [1.29, 1.82) is 0 Å². The molecule has 78 valence electrons. The van der Waals surface area contributed by atoms with E-state index in [2.05, 4.69) is 11.7 Å². The summed E-state index contributed by atoms with van der Waals surface area (Å²) in [5, 5.41) is 4.42. The highest BCUT2D eigenvalue weighted by Crippen LogP contribution is 2.26. The van der Waals surface area contributed by atoms with E-state index in [1.807, 2.05) is 37.7 Å². The monoisotopic (exact) mass is 202 g/mol. The number of nitrogens with zero attached hydrogens (tertiary/aromatic N) is 2. The fourth-order valence-electron chi connectivity index (χ4n) is 1.54. The molecule has 15 heavy (non-hydrogen) atoms. The van der Waals surface area contributed by atoms with E-state index in [9.17, 15) is 0 Å². The fraction of sp³-hybridized carbons (Fsp3) is 0.250. The second-order valence-corrected chi connectivity index (χ2v) is 3.59. The van der Waals surface area contributed by atoms with Crippen LogP contribution in [0.25, 0.3) is 17.5 Å². The maximum atomic E-state index is 5.57. The lowest BCUT2D eigenvalue weighted by Crippen LogP contribution is -1.92. The van der Waals surface area contributed by atoms with Crippen LogP contribution in [0.1, 0.15) is 17.0 Å². The second kappa shape index (κ2) is 3.42. The third-order valence-corrected chi connectivity index (χ3v) is 2.69. The average Bonchev–Trinajstić information content (AvgIpc) is 2.79. The van der Waals surface area contributed by atoms with Crippen LogP contribution < -0.4 is 0 Å². The number of furan rings is 1. The summed E-state index contributed by atoms with van der Waals surface area (Å²) >= 11 is 0. The summed E-state index contributed by atoms with van der Waals surface area (Å²) in [6.07, 6.45) is 1.69.